The summed E-state index contributed by atoms with van der Waals surface area (Å²) in [4.78, 5) is 14.1. The SMILES string of the molecule is CC(C)(C)OC(=O)N1CCC(c2ccc3n[nH]c(C#C[Si](C)(C)C)c3c2)CC1. The molecule has 1 aromatic heterocycles. The molecule has 0 aliphatic carbocycles. The third kappa shape index (κ3) is 5.17. The summed E-state index contributed by atoms with van der Waals surface area (Å²) in [7, 11) is -1.44. The van der Waals surface area contributed by atoms with E-state index in [0.717, 1.165) is 42.5 Å². The number of nitrogens with one attached hydrogen (secondary N) is 1. The van der Waals surface area contributed by atoms with Crippen LogP contribution in [0, 0.1) is 11.5 Å². The van der Waals surface area contributed by atoms with Crippen LogP contribution in [0.2, 0.25) is 19.6 Å². The lowest BCUT2D eigenvalue weighted by Crippen LogP contribution is -2.41. The lowest BCUT2D eigenvalue weighted by Gasteiger charge is -2.33. The summed E-state index contributed by atoms with van der Waals surface area (Å²) in [6, 6.07) is 6.45. The monoisotopic (exact) mass is 397 g/mol. The molecule has 0 bridgehead atoms. The summed E-state index contributed by atoms with van der Waals surface area (Å²) in [5, 5.41) is 8.58. The molecule has 5 nitrogen and oxygen atoms in total. The number of hydrogen-bond acceptors (Lipinski definition) is 3. The van der Waals surface area contributed by atoms with E-state index in [4.69, 9.17) is 4.74 Å². The van der Waals surface area contributed by atoms with Crippen molar-refractivity contribution in [3.05, 3.63) is 29.5 Å². The first-order valence-corrected chi connectivity index (χ1v) is 13.5. The van der Waals surface area contributed by atoms with Gasteiger partial charge >= 0.3 is 6.09 Å². The smallest absolute Gasteiger partial charge is 0.410 e. The molecular formula is C22H31N3O2Si. The van der Waals surface area contributed by atoms with Gasteiger partial charge in [-0.05, 0) is 57.2 Å². The summed E-state index contributed by atoms with van der Waals surface area (Å²) >= 11 is 0. The van der Waals surface area contributed by atoms with Gasteiger partial charge in [-0.15, -0.1) is 5.54 Å². The van der Waals surface area contributed by atoms with Gasteiger partial charge in [-0.3, -0.25) is 5.10 Å². The van der Waals surface area contributed by atoms with Crippen LogP contribution in [-0.4, -0.2) is 48.0 Å². The van der Waals surface area contributed by atoms with Crippen LogP contribution in [0.3, 0.4) is 0 Å². The molecule has 1 aliphatic heterocycles. The molecule has 2 aromatic rings. The predicted molar refractivity (Wildman–Crippen MR) is 116 cm³/mol. The van der Waals surface area contributed by atoms with E-state index < -0.39 is 13.7 Å². The van der Waals surface area contributed by atoms with Gasteiger partial charge in [-0.2, -0.15) is 5.10 Å². The fraction of sp³-hybridized carbons (Fsp3) is 0.545. The first kappa shape index (κ1) is 20.5. The minimum absolute atomic E-state index is 0.208. The number of rotatable bonds is 1. The van der Waals surface area contributed by atoms with Gasteiger partial charge in [0.15, 0.2) is 0 Å². The Morgan fingerprint density at radius 2 is 1.93 bits per heavy atom. The molecule has 0 unspecified atom stereocenters. The zero-order valence-electron chi connectivity index (χ0n) is 17.8. The van der Waals surface area contributed by atoms with Gasteiger partial charge in [0.2, 0.25) is 0 Å². The third-order valence-electron chi connectivity index (χ3n) is 4.76. The van der Waals surface area contributed by atoms with E-state index in [-0.39, 0.29) is 6.09 Å². The Balaban J connectivity index is 1.73. The van der Waals surface area contributed by atoms with Gasteiger partial charge in [0.1, 0.15) is 19.4 Å². The largest absolute Gasteiger partial charge is 0.444 e. The summed E-state index contributed by atoms with van der Waals surface area (Å²) in [5.41, 5.74) is 6.12. The van der Waals surface area contributed by atoms with Crippen LogP contribution >= 0.6 is 0 Å². The van der Waals surface area contributed by atoms with Crippen molar-refractivity contribution in [3.63, 3.8) is 0 Å². The minimum atomic E-state index is -1.44. The van der Waals surface area contributed by atoms with Crippen molar-refractivity contribution >= 4 is 25.1 Å². The Hall–Kier alpha value is -2.26. The second kappa shape index (κ2) is 7.63. The van der Waals surface area contributed by atoms with Crippen molar-refractivity contribution in [2.75, 3.05) is 13.1 Å². The maximum Gasteiger partial charge on any atom is 0.410 e. The zero-order valence-corrected chi connectivity index (χ0v) is 18.8. The number of ether oxygens (including phenoxy) is 1. The molecule has 1 N–H and O–H groups in total. The first-order valence-electron chi connectivity index (χ1n) is 10.0. The van der Waals surface area contributed by atoms with E-state index in [1.54, 1.807) is 0 Å². The van der Waals surface area contributed by atoms with Crippen LogP contribution < -0.4 is 0 Å². The molecule has 0 spiro atoms. The molecule has 28 heavy (non-hydrogen) atoms. The molecule has 1 aliphatic rings. The van der Waals surface area contributed by atoms with Gasteiger partial charge in [0.25, 0.3) is 0 Å². The van der Waals surface area contributed by atoms with Crippen molar-refractivity contribution in [2.45, 2.75) is 64.8 Å². The summed E-state index contributed by atoms with van der Waals surface area (Å²) in [5.74, 6) is 3.75. The van der Waals surface area contributed by atoms with Gasteiger partial charge in [0, 0.05) is 18.5 Å². The van der Waals surface area contributed by atoms with Crippen molar-refractivity contribution in [3.8, 4) is 11.5 Å². The molecule has 1 amide bonds. The predicted octanol–water partition coefficient (Wildman–Crippen LogP) is 4.91. The molecule has 0 saturated carbocycles. The second-order valence-electron chi connectivity index (χ2n) is 9.62. The van der Waals surface area contributed by atoms with Crippen molar-refractivity contribution in [2.24, 2.45) is 0 Å². The number of hydrogen-bond donors (Lipinski definition) is 1. The Bertz CT molecular complexity index is 917. The van der Waals surface area contributed by atoms with E-state index in [2.05, 4.69) is 59.5 Å². The van der Waals surface area contributed by atoms with Crippen LogP contribution in [0.25, 0.3) is 10.9 Å². The van der Waals surface area contributed by atoms with Crippen LogP contribution in [0.1, 0.15) is 50.8 Å². The Morgan fingerprint density at radius 3 is 2.54 bits per heavy atom. The molecule has 1 fully saturated rings. The van der Waals surface area contributed by atoms with E-state index >= 15 is 0 Å². The highest BCUT2D eigenvalue weighted by Crippen LogP contribution is 2.31. The molecule has 6 heteroatoms. The van der Waals surface area contributed by atoms with Gasteiger partial charge in [-0.1, -0.05) is 31.6 Å². The standard InChI is InChI=1S/C22H31N3O2Si/c1-22(2,3)27-21(26)25-12-9-16(10-13-25)17-7-8-19-18(15-17)20(24-23-19)11-14-28(4,5)6/h7-8,15-16H,9-10,12-13H2,1-6H3,(H,23,24). The molecule has 0 atom stereocenters. The fourth-order valence-electron chi connectivity index (χ4n) is 3.35. The maximum atomic E-state index is 12.3. The van der Waals surface area contributed by atoms with Gasteiger partial charge in [-0.25, -0.2) is 4.79 Å². The second-order valence-corrected chi connectivity index (χ2v) is 14.4. The van der Waals surface area contributed by atoms with E-state index in [9.17, 15) is 4.79 Å². The number of benzene rings is 1. The average Bonchev–Trinajstić information content (AvgIpc) is 3.00. The summed E-state index contributed by atoms with van der Waals surface area (Å²) in [6.07, 6.45) is 1.68. The van der Waals surface area contributed by atoms with Gasteiger partial charge < -0.3 is 9.64 Å². The lowest BCUT2D eigenvalue weighted by molar-refractivity contribution is 0.0205. The summed E-state index contributed by atoms with van der Waals surface area (Å²) in [6.45, 7) is 13.9. The molecular weight excluding hydrogens is 366 g/mol. The number of piperidine rings is 1. The Morgan fingerprint density at radius 1 is 1.25 bits per heavy atom. The van der Waals surface area contributed by atoms with E-state index in [1.807, 2.05) is 25.7 Å². The van der Waals surface area contributed by atoms with Crippen molar-refractivity contribution in [1.29, 1.82) is 0 Å². The van der Waals surface area contributed by atoms with Crippen LogP contribution in [0.15, 0.2) is 18.2 Å². The molecule has 150 valence electrons. The van der Waals surface area contributed by atoms with Crippen LogP contribution in [0.5, 0.6) is 0 Å². The number of fused-ring (bicyclic) bond motifs is 1. The normalized spacial score (nSPS) is 16.0. The number of amides is 1. The molecule has 0 radical (unpaired) electrons. The van der Waals surface area contributed by atoms with Crippen molar-refractivity contribution < 1.29 is 9.53 Å². The number of nitrogens with zero attached hydrogens (tertiary/aromatic N) is 2. The average molecular weight is 398 g/mol. The van der Waals surface area contributed by atoms with E-state index in [1.165, 1.54) is 5.56 Å². The number of carbonyl (C=O) groups excluding carboxylic acids is 1. The van der Waals surface area contributed by atoms with Gasteiger partial charge in [0.05, 0.1) is 5.52 Å². The van der Waals surface area contributed by atoms with Crippen LogP contribution in [0.4, 0.5) is 4.79 Å². The number of aromatic amines is 1. The van der Waals surface area contributed by atoms with E-state index in [0.29, 0.717) is 5.92 Å². The minimum Gasteiger partial charge on any atom is -0.444 e. The maximum absolute atomic E-state index is 12.3. The first-order chi connectivity index (χ1) is 13.0. The zero-order chi connectivity index (χ0) is 20.5. The lowest BCUT2D eigenvalue weighted by atomic mass is 9.89. The highest BCUT2D eigenvalue weighted by Gasteiger charge is 2.27. The van der Waals surface area contributed by atoms with Crippen molar-refractivity contribution in [1.82, 2.24) is 15.1 Å². The highest BCUT2D eigenvalue weighted by molar-refractivity contribution is 6.83. The Kier molecular flexibility index (Phi) is 5.58. The molecule has 3 rings (SSSR count). The topological polar surface area (TPSA) is 58.2 Å². The summed E-state index contributed by atoms with van der Waals surface area (Å²) < 4.78 is 5.50. The third-order valence-corrected chi connectivity index (χ3v) is 5.63. The number of H-pyrrole nitrogens is 1. The quantitative estimate of drug-likeness (QED) is 0.550. The highest BCUT2D eigenvalue weighted by atomic mass is 28.3. The number of aromatic nitrogens is 2. The molecule has 1 aromatic carbocycles. The molecule has 2 heterocycles. The fourth-order valence-corrected chi connectivity index (χ4v) is 3.85. The molecule has 1 saturated heterocycles. The van der Waals surface area contributed by atoms with Crippen LogP contribution in [-0.2, 0) is 4.74 Å². The number of carbonyl (C=O) groups is 1. The number of likely N-dealkylation sites (tertiary alicyclic amines) is 1. The Labute approximate surface area is 168 Å².